The number of piperazine rings is 1. The normalized spacial score (nSPS) is 18.0. The Hall–Kier alpha value is -2.19. The van der Waals surface area contributed by atoms with Crippen molar-refractivity contribution in [2.24, 2.45) is 0 Å². The average molecular weight is 326 g/mol. The molecule has 3 rings (SSSR count). The number of nitrogens with zero attached hydrogens (tertiary/aromatic N) is 3. The van der Waals surface area contributed by atoms with Crippen LogP contribution in [0.5, 0.6) is 0 Å². The second-order valence-electron chi connectivity index (χ2n) is 5.11. The quantitative estimate of drug-likeness (QED) is 0.640. The summed E-state index contributed by atoms with van der Waals surface area (Å²) in [5.74, 6) is -0.198. The van der Waals surface area contributed by atoms with Gasteiger partial charge in [0.1, 0.15) is 0 Å². The fraction of sp³-hybridized carbons (Fsp3) is 0.385. The summed E-state index contributed by atoms with van der Waals surface area (Å²) in [5, 5.41) is 21.4. The molecule has 118 valence electrons. The summed E-state index contributed by atoms with van der Waals surface area (Å²) in [4.78, 5) is 24.7. The second kappa shape index (κ2) is 6.29. The molecule has 1 amide bonds. The Morgan fingerprint density at radius 3 is 2.95 bits per heavy atom. The molecule has 2 N–H and O–H groups in total. The van der Waals surface area contributed by atoms with E-state index in [0.29, 0.717) is 17.4 Å². The van der Waals surface area contributed by atoms with Crippen molar-refractivity contribution in [2.75, 3.05) is 19.6 Å². The predicted octanol–water partition coefficient (Wildman–Crippen LogP) is 1.33. The highest BCUT2D eigenvalue weighted by molar-refractivity contribution is 6.05. The van der Waals surface area contributed by atoms with E-state index in [4.69, 9.17) is 0 Å². The first-order valence-corrected chi connectivity index (χ1v) is 6.72. The molecule has 1 aliphatic heterocycles. The SMILES string of the molecule is C[C@H]1CNCCN1C(=O)c1n[nH]c2ccc([N+](=O)[O-])cc12.Cl. The lowest BCUT2D eigenvalue weighted by Crippen LogP contribution is -2.52. The molecule has 0 spiro atoms. The van der Waals surface area contributed by atoms with Gasteiger partial charge >= 0.3 is 0 Å². The number of carbonyl (C=O) groups excluding carboxylic acids is 1. The van der Waals surface area contributed by atoms with Crippen LogP contribution in [0.2, 0.25) is 0 Å². The summed E-state index contributed by atoms with van der Waals surface area (Å²) in [6.45, 7) is 4.03. The van der Waals surface area contributed by atoms with E-state index in [0.717, 1.165) is 13.1 Å². The Balaban J connectivity index is 0.00000176. The lowest BCUT2D eigenvalue weighted by atomic mass is 10.1. The van der Waals surface area contributed by atoms with Crippen molar-refractivity contribution < 1.29 is 9.72 Å². The first-order chi connectivity index (χ1) is 10.1. The number of nitro groups is 1. The van der Waals surface area contributed by atoms with E-state index >= 15 is 0 Å². The van der Waals surface area contributed by atoms with Crippen molar-refractivity contribution in [3.63, 3.8) is 0 Å². The average Bonchev–Trinajstić information content (AvgIpc) is 2.90. The van der Waals surface area contributed by atoms with E-state index in [1.54, 1.807) is 11.0 Å². The number of amides is 1. The summed E-state index contributed by atoms with van der Waals surface area (Å²) in [5.41, 5.74) is 0.806. The molecule has 1 aromatic heterocycles. The van der Waals surface area contributed by atoms with Crippen LogP contribution in [0.15, 0.2) is 18.2 Å². The number of aromatic amines is 1. The van der Waals surface area contributed by atoms with E-state index in [1.807, 2.05) is 6.92 Å². The summed E-state index contributed by atoms with van der Waals surface area (Å²) < 4.78 is 0. The van der Waals surface area contributed by atoms with E-state index in [-0.39, 0.29) is 35.7 Å². The molecule has 1 aliphatic rings. The molecule has 0 aliphatic carbocycles. The molecule has 0 unspecified atom stereocenters. The van der Waals surface area contributed by atoms with Crippen LogP contribution in [0.1, 0.15) is 17.4 Å². The Kier molecular flexibility index (Phi) is 4.62. The van der Waals surface area contributed by atoms with Gasteiger partial charge in [-0.05, 0) is 13.0 Å². The minimum absolute atomic E-state index is 0. The number of benzene rings is 1. The third-order valence-electron chi connectivity index (χ3n) is 3.72. The molecule has 0 radical (unpaired) electrons. The van der Waals surface area contributed by atoms with Gasteiger partial charge in [0.2, 0.25) is 0 Å². The van der Waals surface area contributed by atoms with Gasteiger partial charge in [0.25, 0.3) is 11.6 Å². The van der Waals surface area contributed by atoms with Crippen LogP contribution >= 0.6 is 12.4 Å². The van der Waals surface area contributed by atoms with Crippen molar-refractivity contribution in [2.45, 2.75) is 13.0 Å². The molecule has 2 heterocycles. The summed E-state index contributed by atoms with van der Waals surface area (Å²) in [6, 6.07) is 4.41. The topological polar surface area (TPSA) is 104 Å². The van der Waals surface area contributed by atoms with Crippen LogP contribution in [-0.2, 0) is 0 Å². The first-order valence-electron chi connectivity index (χ1n) is 6.72. The second-order valence-corrected chi connectivity index (χ2v) is 5.11. The van der Waals surface area contributed by atoms with E-state index in [2.05, 4.69) is 15.5 Å². The largest absolute Gasteiger partial charge is 0.332 e. The molecule has 22 heavy (non-hydrogen) atoms. The minimum Gasteiger partial charge on any atom is -0.332 e. The number of hydrogen-bond acceptors (Lipinski definition) is 5. The molecule has 9 heteroatoms. The van der Waals surface area contributed by atoms with Gasteiger partial charge in [-0.25, -0.2) is 0 Å². The molecule has 0 bridgehead atoms. The third kappa shape index (κ3) is 2.75. The molecule has 2 aromatic rings. The smallest absolute Gasteiger partial charge is 0.275 e. The number of hydrogen-bond donors (Lipinski definition) is 2. The maximum Gasteiger partial charge on any atom is 0.275 e. The lowest BCUT2D eigenvalue weighted by molar-refractivity contribution is -0.384. The van der Waals surface area contributed by atoms with Crippen LogP contribution < -0.4 is 5.32 Å². The van der Waals surface area contributed by atoms with Gasteiger partial charge in [-0.1, -0.05) is 0 Å². The van der Waals surface area contributed by atoms with Crippen LogP contribution in [-0.4, -0.2) is 51.6 Å². The summed E-state index contributed by atoms with van der Waals surface area (Å²) in [6.07, 6.45) is 0. The zero-order valence-electron chi connectivity index (χ0n) is 11.9. The molecular weight excluding hydrogens is 310 g/mol. The van der Waals surface area contributed by atoms with Crippen LogP contribution in [0.4, 0.5) is 5.69 Å². The summed E-state index contributed by atoms with van der Waals surface area (Å²) in [7, 11) is 0. The molecule has 0 saturated carbocycles. The number of fused-ring (bicyclic) bond motifs is 1. The third-order valence-corrected chi connectivity index (χ3v) is 3.72. The molecule has 1 fully saturated rings. The van der Waals surface area contributed by atoms with Gasteiger partial charge in [-0.15, -0.1) is 12.4 Å². The number of non-ortho nitro benzene ring substituents is 1. The number of rotatable bonds is 2. The molecule has 1 atom stereocenters. The number of nitrogens with one attached hydrogen (secondary N) is 2. The Morgan fingerprint density at radius 1 is 1.50 bits per heavy atom. The highest BCUT2D eigenvalue weighted by atomic mass is 35.5. The maximum absolute atomic E-state index is 12.6. The number of H-pyrrole nitrogens is 1. The molecule has 8 nitrogen and oxygen atoms in total. The summed E-state index contributed by atoms with van der Waals surface area (Å²) >= 11 is 0. The van der Waals surface area contributed by atoms with E-state index in [1.165, 1.54) is 12.1 Å². The fourth-order valence-electron chi connectivity index (χ4n) is 2.56. The Bertz CT molecular complexity index is 717. The van der Waals surface area contributed by atoms with Crippen LogP contribution in [0.25, 0.3) is 10.9 Å². The highest BCUT2D eigenvalue weighted by Gasteiger charge is 2.27. The zero-order chi connectivity index (χ0) is 15.0. The van der Waals surface area contributed by atoms with E-state index < -0.39 is 4.92 Å². The molecule has 1 saturated heterocycles. The number of nitro benzene ring substituents is 1. The number of aromatic nitrogens is 2. The van der Waals surface area contributed by atoms with Gasteiger partial charge in [-0.3, -0.25) is 20.0 Å². The first kappa shape index (κ1) is 16.2. The van der Waals surface area contributed by atoms with Gasteiger partial charge in [0.15, 0.2) is 5.69 Å². The fourth-order valence-corrected chi connectivity index (χ4v) is 2.56. The van der Waals surface area contributed by atoms with Gasteiger partial charge in [0.05, 0.1) is 10.4 Å². The predicted molar refractivity (Wildman–Crippen MR) is 83.4 cm³/mol. The maximum atomic E-state index is 12.6. The van der Waals surface area contributed by atoms with Crippen molar-refractivity contribution in [3.05, 3.63) is 34.0 Å². The minimum atomic E-state index is -0.478. The standard InChI is InChI=1S/C13H15N5O3.ClH/c1-8-7-14-4-5-17(8)13(19)12-10-6-9(18(20)21)2-3-11(10)15-16-12;/h2-3,6,8,14H,4-5,7H2,1H3,(H,15,16);1H/t8-;/m0./s1. The van der Waals surface area contributed by atoms with Gasteiger partial charge in [-0.2, -0.15) is 5.10 Å². The van der Waals surface area contributed by atoms with Crippen molar-refractivity contribution in [1.82, 2.24) is 20.4 Å². The molecular formula is C13H16ClN5O3. The van der Waals surface area contributed by atoms with Crippen molar-refractivity contribution >= 4 is 34.9 Å². The Morgan fingerprint density at radius 2 is 2.27 bits per heavy atom. The monoisotopic (exact) mass is 325 g/mol. The van der Waals surface area contributed by atoms with Crippen molar-refractivity contribution in [1.29, 1.82) is 0 Å². The number of halogens is 1. The van der Waals surface area contributed by atoms with Crippen molar-refractivity contribution in [3.8, 4) is 0 Å². The number of carbonyl (C=O) groups is 1. The highest BCUT2D eigenvalue weighted by Crippen LogP contribution is 2.23. The van der Waals surface area contributed by atoms with E-state index in [9.17, 15) is 14.9 Å². The van der Waals surface area contributed by atoms with Gasteiger partial charge in [0, 0.05) is 43.2 Å². The molecule has 1 aromatic carbocycles. The van der Waals surface area contributed by atoms with Crippen LogP contribution in [0, 0.1) is 10.1 Å². The zero-order valence-corrected chi connectivity index (χ0v) is 12.7. The Labute approximate surface area is 132 Å². The van der Waals surface area contributed by atoms with Crippen LogP contribution in [0.3, 0.4) is 0 Å². The van der Waals surface area contributed by atoms with Gasteiger partial charge < -0.3 is 10.2 Å². The lowest BCUT2D eigenvalue weighted by Gasteiger charge is -2.33.